The Labute approximate surface area is 135 Å². The number of benzene rings is 1. The van der Waals surface area contributed by atoms with Crippen LogP contribution in [-0.2, 0) is 11.2 Å². The molecule has 2 heterocycles. The Hall–Kier alpha value is -2.43. The highest BCUT2D eigenvalue weighted by Crippen LogP contribution is 2.22. The molecule has 1 aromatic carbocycles. The zero-order chi connectivity index (χ0) is 16.1. The van der Waals surface area contributed by atoms with Gasteiger partial charge in [0.05, 0.1) is 6.20 Å². The van der Waals surface area contributed by atoms with Crippen LogP contribution in [0.1, 0.15) is 35.5 Å². The fourth-order valence-corrected chi connectivity index (χ4v) is 2.96. The molecule has 1 fully saturated rings. The number of aryl methyl sites for hydroxylation is 1. The summed E-state index contributed by atoms with van der Waals surface area (Å²) in [5.74, 6) is 0.202. The molecule has 2 aromatic rings. The van der Waals surface area contributed by atoms with Gasteiger partial charge in [0.1, 0.15) is 6.26 Å². The van der Waals surface area contributed by atoms with Crippen LogP contribution in [-0.4, -0.2) is 34.7 Å². The van der Waals surface area contributed by atoms with Gasteiger partial charge in [0.15, 0.2) is 0 Å². The normalized spacial score (nSPS) is 15.6. The number of carbonyl (C=O) groups is 2. The van der Waals surface area contributed by atoms with Crippen LogP contribution >= 0.6 is 0 Å². The second-order valence-electron chi connectivity index (χ2n) is 5.84. The number of carbonyl (C=O) groups excluding carboxylic acids is 2. The van der Waals surface area contributed by atoms with Crippen molar-refractivity contribution >= 4 is 11.7 Å². The number of likely N-dealkylation sites (tertiary alicyclic amines) is 1. The van der Waals surface area contributed by atoms with Crippen molar-refractivity contribution < 1.29 is 14.0 Å². The van der Waals surface area contributed by atoms with Crippen LogP contribution in [0.15, 0.2) is 47.2 Å². The molecule has 0 bridgehead atoms. The topological polar surface area (TPSA) is 63.4 Å². The third-order valence-corrected chi connectivity index (χ3v) is 4.33. The lowest BCUT2D eigenvalue weighted by Crippen LogP contribution is -2.40. The maximum Gasteiger partial charge on any atom is 0.263 e. The first kappa shape index (κ1) is 15.5. The monoisotopic (exact) mass is 312 g/mol. The van der Waals surface area contributed by atoms with Crippen molar-refractivity contribution in [3.8, 4) is 0 Å². The molecule has 1 amide bonds. The number of hydrogen-bond donors (Lipinski definition) is 0. The zero-order valence-electron chi connectivity index (χ0n) is 13.0. The molecular weight excluding hydrogens is 292 g/mol. The minimum atomic E-state index is -0.0909. The van der Waals surface area contributed by atoms with Gasteiger partial charge >= 0.3 is 0 Å². The van der Waals surface area contributed by atoms with Crippen LogP contribution in [0.3, 0.4) is 0 Å². The van der Waals surface area contributed by atoms with Crippen LogP contribution in [0.25, 0.3) is 0 Å². The molecule has 23 heavy (non-hydrogen) atoms. The maximum absolute atomic E-state index is 12.3. The van der Waals surface area contributed by atoms with Gasteiger partial charge < -0.3 is 9.32 Å². The molecule has 1 aliphatic rings. The number of aromatic nitrogens is 1. The van der Waals surface area contributed by atoms with Crippen molar-refractivity contribution in [3.05, 3.63) is 54.2 Å². The molecule has 0 unspecified atom stereocenters. The first-order valence-electron chi connectivity index (χ1n) is 7.99. The average molecular weight is 312 g/mol. The van der Waals surface area contributed by atoms with Gasteiger partial charge in [0.25, 0.3) is 5.89 Å². The van der Waals surface area contributed by atoms with E-state index in [1.165, 1.54) is 18.0 Å². The molecule has 1 aliphatic heterocycles. The number of Topliss-reactive ketones (excluding diaryl/α,β-unsaturated/α-hetero) is 1. The largest absolute Gasteiger partial charge is 0.442 e. The van der Waals surface area contributed by atoms with Gasteiger partial charge in [-0.3, -0.25) is 9.59 Å². The van der Waals surface area contributed by atoms with Crippen LogP contribution in [0.2, 0.25) is 0 Å². The van der Waals surface area contributed by atoms with Crippen molar-refractivity contribution in [1.29, 1.82) is 0 Å². The van der Waals surface area contributed by atoms with Crippen molar-refractivity contribution in [2.45, 2.75) is 25.7 Å². The van der Waals surface area contributed by atoms with Crippen molar-refractivity contribution in [2.24, 2.45) is 5.92 Å². The van der Waals surface area contributed by atoms with Gasteiger partial charge in [-0.05, 0) is 24.8 Å². The number of rotatable bonds is 5. The molecule has 3 rings (SSSR count). The van der Waals surface area contributed by atoms with E-state index >= 15 is 0 Å². The lowest BCUT2D eigenvalue weighted by molar-refractivity contribution is -0.132. The molecule has 0 radical (unpaired) electrons. The van der Waals surface area contributed by atoms with Gasteiger partial charge in [-0.2, -0.15) is 0 Å². The predicted molar refractivity (Wildman–Crippen MR) is 84.9 cm³/mol. The summed E-state index contributed by atoms with van der Waals surface area (Å²) in [7, 11) is 0. The second kappa shape index (κ2) is 7.22. The molecule has 120 valence electrons. The van der Waals surface area contributed by atoms with E-state index in [1.54, 1.807) is 0 Å². The van der Waals surface area contributed by atoms with Gasteiger partial charge in [0, 0.05) is 25.4 Å². The van der Waals surface area contributed by atoms with E-state index in [9.17, 15) is 9.59 Å². The average Bonchev–Trinajstić information content (AvgIpc) is 3.15. The van der Waals surface area contributed by atoms with Crippen molar-refractivity contribution in [1.82, 2.24) is 9.88 Å². The summed E-state index contributed by atoms with van der Waals surface area (Å²) in [6.45, 7) is 1.26. The third kappa shape index (κ3) is 3.86. The summed E-state index contributed by atoms with van der Waals surface area (Å²) in [6.07, 6.45) is 5.53. The molecule has 0 N–H and O–H groups in total. The van der Waals surface area contributed by atoms with Crippen molar-refractivity contribution in [2.75, 3.05) is 13.1 Å². The molecule has 5 nitrogen and oxygen atoms in total. The molecule has 0 atom stereocenters. The molecule has 0 aliphatic carbocycles. The quantitative estimate of drug-likeness (QED) is 0.796. The van der Waals surface area contributed by atoms with Crippen LogP contribution < -0.4 is 0 Å². The Kier molecular flexibility index (Phi) is 4.86. The Balaban J connectivity index is 1.47. The van der Waals surface area contributed by atoms with Gasteiger partial charge in [0.2, 0.25) is 11.7 Å². The number of nitrogens with zero attached hydrogens (tertiary/aromatic N) is 2. The highest BCUT2D eigenvalue weighted by atomic mass is 16.3. The molecule has 1 aromatic heterocycles. The van der Waals surface area contributed by atoms with Gasteiger partial charge in [-0.1, -0.05) is 30.3 Å². The second-order valence-corrected chi connectivity index (χ2v) is 5.84. The van der Waals surface area contributed by atoms with Crippen LogP contribution in [0.5, 0.6) is 0 Å². The molecule has 5 heteroatoms. The smallest absolute Gasteiger partial charge is 0.263 e. The summed E-state index contributed by atoms with van der Waals surface area (Å²) in [5.41, 5.74) is 1.18. The number of ketones is 1. The molecule has 0 spiro atoms. The van der Waals surface area contributed by atoms with E-state index in [-0.39, 0.29) is 23.5 Å². The fraction of sp³-hybridized carbons (Fsp3) is 0.389. The zero-order valence-corrected chi connectivity index (χ0v) is 13.0. The Morgan fingerprint density at radius 2 is 1.91 bits per heavy atom. The summed E-state index contributed by atoms with van der Waals surface area (Å²) < 4.78 is 5.07. The maximum atomic E-state index is 12.3. The summed E-state index contributed by atoms with van der Waals surface area (Å²) in [6, 6.07) is 10.0. The standard InChI is InChI=1S/C18H20N2O3/c21-16(7-6-14-4-2-1-3-5-14)20-11-8-15(9-12-20)17(22)18-19-10-13-23-18/h1-5,10,13,15H,6-9,11-12H2. The Morgan fingerprint density at radius 3 is 2.57 bits per heavy atom. The van der Waals surface area contributed by atoms with E-state index in [2.05, 4.69) is 4.98 Å². The lowest BCUT2D eigenvalue weighted by atomic mass is 9.92. The lowest BCUT2D eigenvalue weighted by Gasteiger charge is -2.30. The van der Waals surface area contributed by atoms with Crippen molar-refractivity contribution in [3.63, 3.8) is 0 Å². The SMILES string of the molecule is O=C(c1ncco1)C1CCN(C(=O)CCc2ccccc2)CC1. The van der Waals surface area contributed by atoms with E-state index in [4.69, 9.17) is 4.42 Å². The third-order valence-electron chi connectivity index (χ3n) is 4.33. The highest BCUT2D eigenvalue weighted by molar-refractivity contribution is 5.93. The summed E-state index contributed by atoms with van der Waals surface area (Å²) in [5, 5.41) is 0. The summed E-state index contributed by atoms with van der Waals surface area (Å²) in [4.78, 5) is 30.3. The first-order chi connectivity index (χ1) is 11.2. The van der Waals surface area contributed by atoms with E-state index in [0.29, 0.717) is 32.4 Å². The Morgan fingerprint density at radius 1 is 1.17 bits per heavy atom. The van der Waals surface area contributed by atoms with E-state index in [0.717, 1.165) is 6.42 Å². The van der Waals surface area contributed by atoms with E-state index in [1.807, 2.05) is 35.2 Å². The van der Waals surface area contributed by atoms with Crippen LogP contribution in [0.4, 0.5) is 0 Å². The fourth-order valence-electron chi connectivity index (χ4n) is 2.96. The van der Waals surface area contributed by atoms with E-state index < -0.39 is 0 Å². The number of hydrogen-bond acceptors (Lipinski definition) is 4. The van der Waals surface area contributed by atoms with Gasteiger partial charge in [-0.15, -0.1) is 0 Å². The molecule has 1 saturated heterocycles. The molecule has 0 saturated carbocycles. The minimum absolute atomic E-state index is 0.0496. The number of amides is 1. The minimum Gasteiger partial charge on any atom is -0.442 e. The first-order valence-corrected chi connectivity index (χ1v) is 7.99. The molecular formula is C18H20N2O3. The van der Waals surface area contributed by atoms with Crippen LogP contribution in [0, 0.1) is 5.92 Å². The number of piperidine rings is 1. The Bertz CT molecular complexity index is 644. The number of oxazole rings is 1. The predicted octanol–water partition coefficient (Wildman–Crippen LogP) is 2.73. The van der Waals surface area contributed by atoms with Gasteiger partial charge in [-0.25, -0.2) is 4.98 Å². The summed E-state index contributed by atoms with van der Waals surface area (Å²) >= 11 is 0. The highest BCUT2D eigenvalue weighted by Gasteiger charge is 2.29.